The summed E-state index contributed by atoms with van der Waals surface area (Å²) in [6.07, 6.45) is 9.35. The van der Waals surface area contributed by atoms with Crippen LogP contribution < -0.4 is 55.1 Å². The zero-order valence-electron chi connectivity index (χ0n) is 29.7. The van der Waals surface area contributed by atoms with Gasteiger partial charge in [0.2, 0.25) is 5.95 Å². The van der Waals surface area contributed by atoms with E-state index in [0.29, 0.717) is 33.7 Å². The Morgan fingerprint density at radius 3 is 1.96 bits per heavy atom. The molecule has 0 bridgehead atoms. The second-order valence-electron chi connectivity index (χ2n) is 11.1. The number of rotatable bonds is 0. The van der Waals surface area contributed by atoms with Gasteiger partial charge in [-0.05, 0) is 6.07 Å². The normalized spacial score (nSPS) is 10.3. The molecule has 0 fully saturated rings. The minimum Gasteiger partial charge on any atom is -0.856 e. The molecular formula is C29H36N20O5. The minimum absolute atomic E-state index is 0.0132. The zero-order chi connectivity index (χ0) is 39.9. The Hall–Kier alpha value is -7.99. The van der Waals surface area contributed by atoms with E-state index < -0.39 is 0 Å². The van der Waals surface area contributed by atoms with Crippen molar-refractivity contribution in [3.8, 4) is 5.88 Å². The first-order chi connectivity index (χ1) is 25.5. The van der Waals surface area contributed by atoms with Gasteiger partial charge in [0.25, 0.3) is 17.1 Å². The van der Waals surface area contributed by atoms with E-state index in [9.17, 15) is 24.3 Å². The second-order valence-corrected chi connectivity index (χ2v) is 11.1. The maximum absolute atomic E-state index is 11.4. The van der Waals surface area contributed by atoms with Crippen molar-refractivity contribution in [1.82, 2.24) is 72.7 Å². The Morgan fingerprint density at radius 1 is 0.704 bits per heavy atom. The van der Waals surface area contributed by atoms with Gasteiger partial charge in [0, 0.05) is 52.5 Å². The van der Waals surface area contributed by atoms with Crippen molar-refractivity contribution in [1.29, 1.82) is 0 Å². The highest BCUT2D eigenvalue weighted by Gasteiger charge is 2.14. The molecule has 0 amide bonds. The van der Waals surface area contributed by atoms with Gasteiger partial charge in [-0.15, -0.1) is 0 Å². The Balaban J connectivity index is 0.000000152. The average molecular weight is 745 g/mol. The van der Waals surface area contributed by atoms with Gasteiger partial charge in [-0.2, -0.15) is 9.97 Å². The number of nitrogens with one attached hydrogen (secondary N) is 2. The van der Waals surface area contributed by atoms with Crippen molar-refractivity contribution in [3.05, 3.63) is 91.5 Å². The number of imidazole rings is 3. The molecule has 282 valence electrons. The first-order valence-electron chi connectivity index (χ1n) is 15.2. The van der Waals surface area contributed by atoms with E-state index in [-0.39, 0.29) is 46.1 Å². The Bertz CT molecular complexity index is 2810. The lowest BCUT2D eigenvalue weighted by atomic mass is 10.5. The molecule has 0 radical (unpaired) electrons. The fourth-order valence-corrected chi connectivity index (χ4v) is 4.32. The Labute approximate surface area is 301 Å². The molecule has 0 atom stereocenters. The Kier molecular flexibility index (Phi) is 11.8. The van der Waals surface area contributed by atoms with Crippen LogP contribution in [0, 0.1) is 0 Å². The van der Waals surface area contributed by atoms with Crippen LogP contribution in [0.2, 0.25) is 0 Å². The van der Waals surface area contributed by atoms with Crippen molar-refractivity contribution in [2.24, 2.45) is 42.3 Å². The van der Waals surface area contributed by atoms with Crippen molar-refractivity contribution in [2.45, 2.75) is 0 Å². The molecule has 54 heavy (non-hydrogen) atoms. The molecule has 8 rings (SSSR count). The number of anilines is 4. The van der Waals surface area contributed by atoms with Crippen molar-refractivity contribution >= 4 is 57.0 Å². The highest BCUT2D eigenvalue weighted by atomic mass is 16.3. The van der Waals surface area contributed by atoms with Gasteiger partial charge in [0.05, 0.1) is 26.7 Å². The van der Waals surface area contributed by atoms with Gasteiger partial charge < -0.3 is 46.3 Å². The lowest BCUT2D eigenvalue weighted by molar-refractivity contribution is -0.647. The fourth-order valence-electron chi connectivity index (χ4n) is 4.32. The molecule has 0 aliphatic carbocycles. The summed E-state index contributed by atoms with van der Waals surface area (Å²) in [5.74, 6) is 0.467. The quantitative estimate of drug-likeness (QED) is 0.0807. The van der Waals surface area contributed by atoms with Crippen LogP contribution in [0.1, 0.15) is 0 Å². The number of hydrogen-bond donors (Lipinski definition) is 6. The molecule has 0 aliphatic heterocycles. The zero-order valence-corrected chi connectivity index (χ0v) is 29.7. The van der Waals surface area contributed by atoms with E-state index >= 15 is 0 Å². The predicted octanol–water partition coefficient (Wildman–Crippen LogP) is -3.93. The van der Waals surface area contributed by atoms with E-state index in [0.717, 1.165) is 5.65 Å². The summed E-state index contributed by atoms with van der Waals surface area (Å²) in [6.45, 7) is 0. The van der Waals surface area contributed by atoms with Crippen molar-refractivity contribution < 1.29 is 9.67 Å². The summed E-state index contributed by atoms with van der Waals surface area (Å²) in [6, 6.07) is 2.86. The monoisotopic (exact) mass is 744 g/mol. The molecule has 8 aromatic rings. The van der Waals surface area contributed by atoms with Gasteiger partial charge in [0.15, 0.2) is 34.5 Å². The first-order valence-corrected chi connectivity index (χ1v) is 15.2. The second kappa shape index (κ2) is 16.4. The molecule has 8 aromatic heterocycles. The molecule has 0 saturated heterocycles. The largest absolute Gasteiger partial charge is 0.856 e. The number of nitrogens with zero attached hydrogens (tertiary/aromatic N) is 14. The Morgan fingerprint density at radius 2 is 1.35 bits per heavy atom. The lowest BCUT2D eigenvalue weighted by Crippen LogP contribution is -2.26. The number of nitrogen functional groups attached to an aromatic ring is 4. The van der Waals surface area contributed by atoms with Crippen LogP contribution in [0.5, 0.6) is 5.88 Å². The number of fused-ring (bicyclic) bond motifs is 3. The SMILES string of the molecule is Cn1c[n+](C)c2nc(N)nc([O-])c21.Cn1ccc(=O)[nH]c1=O.Cn1ccc(N)nc1=O.Cn1cnc2c(=O)[nH]c(N)nc21.Cn1cnc2c(N)ncnc21. The van der Waals surface area contributed by atoms with Gasteiger partial charge in [0.1, 0.15) is 17.7 Å². The van der Waals surface area contributed by atoms with Crippen LogP contribution in [-0.2, 0) is 42.3 Å². The van der Waals surface area contributed by atoms with Crippen molar-refractivity contribution in [3.63, 3.8) is 0 Å². The average Bonchev–Trinajstić information content (AvgIpc) is 3.77. The van der Waals surface area contributed by atoms with E-state index in [1.807, 2.05) is 7.05 Å². The minimum atomic E-state index is -0.387. The van der Waals surface area contributed by atoms with E-state index in [2.05, 4.69) is 49.8 Å². The highest BCUT2D eigenvalue weighted by Crippen LogP contribution is 2.16. The number of aryl methyl sites for hydroxylation is 6. The molecule has 0 aliphatic rings. The standard InChI is InChI=1S/C7H9N5O.C6H7N5O.C6H7N5.C5H7N3O.C5H6N2O2/c1-11-3-12(2)5-4(11)6(13)10-7(8)9-5;1-11-2-8-3-4(11)9-6(7)10-5(3)12;1-11-3-10-4-5(7)8-2-9-6(4)11;1-8-3-2-4(6)7-5(8)9;1-7-3-2-4(8)6-5(7)9/h3H,1-2H3,(H2-,8,9,10,13);2H,1H3,(H3,7,9,10,12);2-3H,1H3,(H2,7,8,9);2-3H,1H3,(H2,6,7,9);2-3H,1H3,(H,6,8,9). The van der Waals surface area contributed by atoms with Crippen LogP contribution in [0.3, 0.4) is 0 Å². The molecule has 0 spiro atoms. The summed E-state index contributed by atoms with van der Waals surface area (Å²) in [5, 5.41) is 11.4. The lowest BCUT2D eigenvalue weighted by Gasteiger charge is -2.02. The maximum atomic E-state index is 11.4. The van der Waals surface area contributed by atoms with E-state index in [1.165, 1.54) is 34.1 Å². The number of H-pyrrole nitrogens is 2. The van der Waals surface area contributed by atoms with Crippen LogP contribution in [0.15, 0.2) is 69.0 Å². The van der Waals surface area contributed by atoms with Gasteiger partial charge >= 0.3 is 17.0 Å². The predicted molar refractivity (Wildman–Crippen MR) is 194 cm³/mol. The number of aromatic amines is 2. The van der Waals surface area contributed by atoms with E-state index in [4.69, 9.17) is 22.9 Å². The topological polar surface area (TPSA) is 359 Å². The number of hydrogen-bond acceptors (Lipinski definition) is 17. The summed E-state index contributed by atoms with van der Waals surface area (Å²) in [7, 11) is 10.4. The smallest absolute Gasteiger partial charge is 0.349 e. The van der Waals surface area contributed by atoms with Gasteiger partial charge in [-0.3, -0.25) is 24.1 Å². The molecular weight excluding hydrogens is 708 g/mol. The first kappa shape index (κ1) is 38.8. The van der Waals surface area contributed by atoms with Gasteiger partial charge in [-0.25, -0.2) is 39.1 Å². The fraction of sp³-hybridized carbons (Fsp3) is 0.207. The van der Waals surface area contributed by atoms with E-state index in [1.54, 1.807) is 78.4 Å². The number of aromatic nitrogens is 16. The molecule has 25 nitrogen and oxygen atoms in total. The molecule has 8 heterocycles. The molecule has 10 N–H and O–H groups in total. The number of nitrogens with two attached hydrogens (primary N) is 4. The third-order valence-corrected chi connectivity index (χ3v) is 6.99. The third kappa shape index (κ3) is 9.21. The van der Waals surface area contributed by atoms with Crippen molar-refractivity contribution in [2.75, 3.05) is 22.9 Å². The molecule has 0 aromatic carbocycles. The van der Waals surface area contributed by atoms with Crippen LogP contribution in [0.4, 0.5) is 23.5 Å². The summed E-state index contributed by atoms with van der Waals surface area (Å²) >= 11 is 0. The van der Waals surface area contributed by atoms with Crippen LogP contribution in [-0.4, -0.2) is 72.7 Å². The van der Waals surface area contributed by atoms with Crippen LogP contribution in [0.25, 0.3) is 33.5 Å². The summed E-state index contributed by atoms with van der Waals surface area (Å²) in [5.41, 5.74) is 23.3. The van der Waals surface area contributed by atoms with Crippen LogP contribution >= 0.6 is 0 Å². The summed E-state index contributed by atoms with van der Waals surface area (Å²) < 4.78 is 9.50. The molecule has 0 saturated carbocycles. The third-order valence-electron chi connectivity index (χ3n) is 6.99. The van der Waals surface area contributed by atoms with Gasteiger partial charge in [-0.1, -0.05) is 4.98 Å². The molecule has 25 heteroatoms. The molecule has 0 unspecified atom stereocenters. The highest BCUT2D eigenvalue weighted by molar-refractivity contribution is 5.81. The summed E-state index contributed by atoms with van der Waals surface area (Å²) in [4.78, 5) is 77.8. The maximum Gasteiger partial charge on any atom is 0.349 e.